The number of hydrogen-bond acceptors (Lipinski definition) is 6. The Morgan fingerprint density at radius 3 is 2.66 bits per heavy atom. The van der Waals surface area contributed by atoms with Crippen molar-refractivity contribution in [3.8, 4) is 11.5 Å². The normalized spacial score (nSPS) is 13.7. The van der Waals surface area contributed by atoms with Crippen LogP contribution in [0.3, 0.4) is 0 Å². The molecule has 0 radical (unpaired) electrons. The predicted molar refractivity (Wildman–Crippen MR) is 136 cm³/mol. The molecule has 0 unspecified atom stereocenters. The van der Waals surface area contributed by atoms with Gasteiger partial charge in [-0.15, -0.1) is 6.58 Å². The van der Waals surface area contributed by atoms with Crippen LogP contribution in [0.15, 0.2) is 55.1 Å². The van der Waals surface area contributed by atoms with Gasteiger partial charge in [0.2, 0.25) is 0 Å². The van der Waals surface area contributed by atoms with Crippen molar-refractivity contribution < 1.29 is 23.8 Å². The van der Waals surface area contributed by atoms with Gasteiger partial charge >= 0.3 is 5.97 Å². The third-order valence-electron chi connectivity index (χ3n) is 5.90. The number of rotatable bonds is 8. The SMILES string of the molecule is C=CCNC(=O)COC(=O)c1c2c(nc3ccccc13)/C(=C/c1ccc(OC)c(OC)c1)CCC2. The summed E-state index contributed by atoms with van der Waals surface area (Å²) in [5.41, 5.74) is 4.78. The summed E-state index contributed by atoms with van der Waals surface area (Å²) in [5.74, 6) is 0.397. The number of para-hydroxylation sites is 1. The van der Waals surface area contributed by atoms with Crippen molar-refractivity contribution in [2.45, 2.75) is 19.3 Å². The molecule has 4 rings (SSSR count). The van der Waals surface area contributed by atoms with Crippen molar-refractivity contribution >= 4 is 34.4 Å². The van der Waals surface area contributed by atoms with E-state index in [1.54, 1.807) is 20.3 Å². The van der Waals surface area contributed by atoms with Gasteiger partial charge in [0, 0.05) is 11.9 Å². The minimum absolute atomic E-state index is 0.314. The fourth-order valence-electron chi connectivity index (χ4n) is 4.29. The second-order valence-electron chi connectivity index (χ2n) is 8.14. The molecule has 1 heterocycles. The molecule has 0 saturated heterocycles. The lowest BCUT2D eigenvalue weighted by molar-refractivity contribution is -0.124. The number of nitrogens with one attached hydrogen (secondary N) is 1. The van der Waals surface area contributed by atoms with Gasteiger partial charge in [-0.1, -0.05) is 30.3 Å². The van der Waals surface area contributed by atoms with Crippen molar-refractivity contribution in [3.63, 3.8) is 0 Å². The Morgan fingerprint density at radius 2 is 1.89 bits per heavy atom. The van der Waals surface area contributed by atoms with E-state index in [0.717, 1.165) is 40.6 Å². The van der Waals surface area contributed by atoms with Crippen molar-refractivity contribution in [1.82, 2.24) is 10.3 Å². The summed E-state index contributed by atoms with van der Waals surface area (Å²) >= 11 is 0. The summed E-state index contributed by atoms with van der Waals surface area (Å²) in [4.78, 5) is 30.1. The third kappa shape index (κ3) is 5.19. The smallest absolute Gasteiger partial charge is 0.339 e. The number of benzene rings is 2. The summed E-state index contributed by atoms with van der Waals surface area (Å²) in [7, 11) is 3.21. The van der Waals surface area contributed by atoms with Gasteiger partial charge in [0.15, 0.2) is 18.1 Å². The number of methoxy groups -OCH3 is 2. The van der Waals surface area contributed by atoms with Crippen molar-refractivity contribution in [2.75, 3.05) is 27.4 Å². The number of esters is 1. The zero-order chi connectivity index (χ0) is 24.8. The van der Waals surface area contributed by atoms with Crippen LogP contribution in [0.4, 0.5) is 0 Å². The quantitative estimate of drug-likeness (QED) is 0.381. The largest absolute Gasteiger partial charge is 0.493 e. The average molecular weight is 473 g/mol. The van der Waals surface area contributed by atoms with E-state index in [2.05, 4.69) is 18.0 Å². The van der Waals surface area contributed by atoms with E-state index in [4.69, 9.17) is 19.2 Å². The summed E-state index contributed by atoms with van der Waals surface area (Å²) in [6, 6.07) is 13.2. The molecule has 3 aromatic rings. The highest BCUT2D eigenvalue weighted by Crippen LogP contribution is 2.37. The molecule has 0 fully saturated rings. The number of amides is 1. The Balaban J connectivity index is 1.75. The Labute approximate surface area is 204 Å². The Morgan fingerprint density at radius 1 is 1.09 bits per heavy atom. The van der Waals surface area contributed by atoms with Gasteiger partial charge in [0.05, 0.1) is 31.0 Å². The van der Waals surface area contributed by atoms with Gasteiger partial charge in [0.25, 0.3) is 5.91 Å². The number of carbonyl (C=O) groups is 2. The first-order chi connectivity index (χ1) is 17.0. The lowest BCUT2D eigenvalue weighted by Gasteiger charge is -2.22. The number of fused-ring (bicyclic) bond motifs is 2. The van der Waals surface area contributed by atoms with Gasteiger partial charge in [-0.3, -0.25) is 4.79 Å². The van der Waals surface area contributed by atoms with Gasteiger partial charge in [-0.05, 0) is 60.2 Å². The zero-order valence-corrected chi connectivity index (χ0v) is 19.9. The maximum atomic E-state index is 13.2. The van der Waals surface area contributed by atoms with Crippen LogP contribution in [-0.2, 0) is 16.0 Å². The minimum atomic E-state index is -0.527. The summed E-state index contributed by atoms with van der Waals surface area (Å²) in [6.07, 6.45) is 6.03. The van der Waals surface area contributed by atoms with Crippen LogP contribution < -0.4 is 14.8 Å². The van der Waals surface area contributed by atoms with Gasteiger partial charge in [0.1, 0.15) is 0 Å². The number of nitrogens with zero attached hydrogens (tertiary/aromatic N) is 1. The van der Waals surface area contributed by atoms with E-state index in [9.17, 15) is 9.59 Å². The van der Waals surface area contributed by atoms with E-state index in [1.165, 1.54) is 0 Å². The van der Waals surface area contributed by atoms with Crippen LogP contribution in [0.2, 0.25) is 0 Å². The van der Waals surface area contributed by atoms with Crippen LogP contribution in [0.25, 0.3) is 22.6 Å². The molecule has 7 heteroatoms. The van der Waals surface area contributed by atoms with E-state index < -0.39 is 5.97 Å². The summed E-state index contributed by atoms with van der Waals surface area (Å²) in [5, 5.41) is 3.33. The number of aromatic nitrogens is 1. The Bertz CT molecular complexity index is 1310. The lowest BCUT2D eigenvalue weighted by Crippen LogP contribution is -2.29. The van der Waals surface area contributed by atoms with Crippen molar-refractivity contribution in [1.29, 1.82) is 0 Å². The average Bonchev–Trinajstić information content (AvgIpc) is 2.89. The second kappa shape index (κ2) is 10.9. The second-order valence-corrected chi connectivity index (χ2v) is 8.14. The number of pyridine rings is 1. The monoisotopic (exact) mass is 472 g/mol. The molecular weight excluding hydrogens is 444 g/mol. The molecule has 35 heavy (non-hydrogen) atoms. The Kier molecular flexibility index (Phi) is 7.45. The van der Waals surface area contributed by atoms with Crippen molar-refractivity contribution in [3.05, 3.63) is 77.5 Å². The molecule has 2 aromatic carbocycles. The number of hydrogen-bond donors (Lipinski definition) is 1. The highest BCUT2D eigenvalue weighted by Gasteiger charge is 2.26. The molecule has 1 aliphatic carbocycles. The number of ether oxygens (including phenoxy) is 3. The first-order valence-electron chi connectivity index (χ1n) is 11.4. The molecule has 0 spiro atoms. The fourth-order valence-corrected chi connectivity index (χ4v) is 4.29. The number of carbonyl (C=O) groups excluding carboxylic acids is 2. The van der Waals surface area contributed by atoms with Crippen LogP contribution in [0.1, 0.15) is 40.0 Å². The molecule has 1 N–H and O–H groups in total. The van der Waals surface area contributed by atoms with E-state index >= 15 is 0 Å². The first kappa shape index (κ1) is 24.0. The van der Waals surface area contributed by atoms with E-state index in [1.807, 2.05) is 42.5 Å². The highest BCUT2D eigenvalue weighted by atomic mass is 16.5. The standard InChI is InChI=1S/C28H28N2O5/c1-4-14-29-25(31)17-35-28(32)26-20-9-5-6-11-22(20)30-27-19(8-7-10-21(26)27)15-18-12-13-23(33-2)24(16-18)34-3/h4-6,9,11-13,15-16H,1,7-8,10,14,17H2,2-3H3,(H,29,31)/b19-15+. The highest BCUT2D eigenvalue weighted by molar-refractivity contribution is 6.07. The predicted octanol–water partition coefficient (Wildman–Crippen LogP) is 4.59. The molecule has 7 nitrogen and oxygen atoms in total. The van der Waals surface area contributed by atoms with Crippen LogP contribution in [0.5, 0.6) is 11.5 Å². The fraction of sp³-hybridized carbons (Fsp3) is 0.250. The van der Waals surface area contributed by atoms with Gasteiger partial charge < -0.3 is 19.5 Å². The molecule has 0 bridgehead atoms. The van der Waals surface area contributed by atoms with Crippen LogP contribution >= 0.6 is 0 Å². The molecule has 0 saturated carbocycles. The molecule has 0 aliphatic heterocycles. The number of allylic oxidation sites excluding steroid dienone is 1. The van der Waals surface area contributed by atoms with Gasteiger partial charge in [-0.25, -0.2) is 9.78 Å². The summed E-state index contributed by atoms with van der Waals surface area (Å²) < 4.78 is 16.2. The molecule has 1 aliphatic rings. The van der Waals surface area contributed by atoms with Crippen molar-refractivity contribution in [2.24, 2.45) is 0 Å². The van der Waals surface area contributed by atoms with E-state index in [-0.39, 0.29) is 12.5 Å². The third-order valence-corrected chi connectivity index (χ3v) is 5.90. The molecule has 1 aromatic heterocycles. The zero-order valence-electron chi connectivity index (χ0n) is 19.9. The molecular formula is C28H28N2O5. The maximum Gasteiger partial charge on any atom is 0.339 e. The van der Waals surface area contributed by atoms with E-state index in [0.29, 0.717) is 35.5 Å². The molecule has 0 atom stereocenters. The first-order valence-corrected chi connectivity index (χ1v) is 11.4. The van der Waals surface area contributed by atoms with Crippen LogP contribution in [0, 0.1) is 0 Å². The molecule has 1 amide bonds. The topological polar surface area (TPSA) is 86.8 Å². The minimum Gasteiger partial charge on any atom is -0.493 e. The maximum absolute atomic E-state index is 13.2. The molecule has 180 valence electrons. The summed E-state index contributed by atoms with van der Waals surface area (Å²) in [6.45, 7) is 3.52. The lowest BCUT2D eigenvalue weighted by atomic mass is 9.86. The Hall–Kier alpha value is -4.13. The van der Waals surface area contributed by atoms with Gasteiger partial charge in [-0.2, -0.15) is 0 Å². The van der Waals surface area contributed by atoms with Crippen LogP contribution in [-0.4, -0.2) is 44.2 Å².